The molecule has 0 bridgehead atoms. The molecule has 178 valence electrons. The number of amides is 2. The van der Waals surface area contributed by atoms with Crippen LogP contribution in [0, 0.1) is 19.3 Å². The van der Waals surface area contributed by atoms with Gasteiger partial charge in [-0.2, -0.15) is 0 Å². The molecule has 1 aliphatic rings. The molecule has 10 heteroatoms. The lowest BCUT2D eigenvalue weighted by Gasteiger charge is -2.40. The number of nitrogens with one attached hydrogen (secondary N) is 3. The minimum Gasteiger partial charge on any atom is -0.460 e. The van der Waals surface area contributed by atoms with Crippen molar-refractivity contribution in [2.45, 2.75) is 32.7 Å². The average molecular weight is 470 g/mol. The Kier molecular flexibility index (Phi) is 6.23. The van der Waals surface area contributed by atoms with Gasteiger partial charge in [0.1, 0.15) is 17.1 Å². The van der Waals surface area contributed by atoms with Crippen molar-refractivity contribution in [2.75, 3.05) is 13.6 Å². The molecule has 3 aromatic rings. The van der Waals surface area contributed by atoms with Gasteiger partial charge in [0.05, 0.1) is 22.9 Å². The quantitative estimate of drug-likeness (QED) is 0.353. The summed E-state index contributed by atoms with van der Waals surface area (Å²) in [6.45, 7) is 3.67. The Morgan fingerprint density at radius 1 is 1.35 bits per heavy atom. The summed E-state index contributed by atoms with van der Waals surface area (Å²) in [7, 11) is 1.54. The molecule has 1 aliphatic heterocycles. The van der Waals surface area contributed by atoms with E-state index in [1.165, 1.54) is 17.2 Å². The number of aromatic nitrogens is 1. The zero-order valence-corrected chi connectivity index (χ0v) is 18.9. The number of carbonyl (C=O) groups excluding carboxylic acids is 2. The van der Waals surface area contributed by atoms with Gasteiger partial charge in [0.2, 0.25) is 0 Å². The highest BCUT2D eigenvalue weighted by atomic mass is 19.3. The average Bonchev–Trinajstić information content (AvgIpc) is 3.30. The molecule has 3 N–H and O–H groups in total. The van der Waals surface area contributed by atoms with Crippen molar-refractivity contribution in [3.05, 3.63) is 58.6 Å². The molecule has 4 rings (SSSR count). The molecule has 3 heterocycles. The Hall–Kier alpha value is -3.95. The van der Waals surface area contributed by atoms with Crippen LogP contribution in [-0.4, -0.2) is 54.0 Å². The van der Waals surface area contributed by atoms with E-state index < -0.39 is 18.4 Å². The zero-order chi connectivity index (χ0) is 24.6. The van der Waals surface area contributed by atoms with Crippen LogP contribution >= 0.6 is 0 Å². The van der Waals surface area contributed by atoms with Crippen molar-refractivity contribution < 1.29 is 27.5 Å². The second kappa shape index (κ2) is 9.12. The number of allylic oxidation sites excluding steroid dienone is 1. The molecule has 0 unspecified atom stereocenters. The van der Waals surface area contributed by atoms with Crippen LogP contribution in [0.15, 0.2) is 34.9 Å². The molecule has 2 amide bonds. The molecular weight excluding hydrogens is 446 g/mol. The van der Waals surface area contributed by atoms with Crippen LogP contribution in [0.2, 0.25) is 0 Å². The summed E-state index contributed by atoms with van der Waals surface area (Å²) in [4.78, 5) is 29.1. The van der Waals surface area contributed by atoms with Crippen LogP contribution in [0.4, 0.5) is 8.78 Å². The fraction of sp³-hybridized carbons (Fsp3) is 0.292. The Morgan fingerprint density at radius 3 is 2.74 bits per heavy atom. The monoisotopic (exact) mass is 470 g/mol. The summed E-state index contributed by atoms with van der Waals surface area (Å²) < 4.78 is 37.9. The molecule has 8 nitrogen and oxygen atoms in total. The van der Waals surface area contributed by atoms with Gasteiger partial charge in [-0.15, -0.1) is 0 Å². The molecule has 1 fully saturated rings. The van der Waals surface area contributed by atoms with Gasteiger partial charge in [-0.05, 0) is 38.0 Å². The van der Waals surface area contributed by atoms with Gasteiger partial charge >= 0.3 is 0 Å². The fourth-order valence-corrected chi connectivity index (χ4v) is 4.09. The number of fused-ring (bicyclic) bond motifs is 1. The Morgan fingerprint density at radius 2 is 2.12 bits per heavy atom. The first-order valence-electron chi connectivity index (χ1n) is 10.7. The molecule has 1 atom stereocenters. The minimum absolute atomic E-state index is 0.259. The smallest absolute Gasteiger partial charge is 0.258 e. The van der Waals surface area contributed by atoms with Crippen molar-refractivity contribution in [1.82, 2.24) is 15.2 Å². The molecule has 34 heavy (non-hydrogen) atoms. The highest BCUT2D eigenvalue weighted by Gasteiger charge is 2.39. The summed E-state index contributed by atoms with van der Waals surface area (Å²) in [6, 6.07) is 3.93. The van der Waals surface area contributed by atoms with E-state index in [1.807, 2.05) is 0 Å². The molecule has 0 saturated carbocycles. The standard InChI is InChI=1S/C24H24F2N4O4/c1-12-16(24(32)30-9-7-17(30)22(25)26)11-29-21(12)18(6-8-27)34-14-4-5-15-19(10-14)33-13(2)20(15)23(31)28-3/h4-6,8,10-11,17,22,27,29H,7,9H2,1-3H3,(H,28,31)/b18-6+,27-8?/t17-/m0/s1. The summed E-state index contributed by atoms with van der Waals surface area (Å²) in [6.07, 6.45) is 1.60. The van der Waals surface area contributed by atoms with Crippen LogP contribution < -0.4 is 10.1 Å². The number of hydrogen-bond donors (Lipinski definition) is 3. The number of carbonyl (C=O) groups is 2. The highest BCUT2D eigenvalue weighted by Crippen LogP contribution is 2.32. The number of rotatable bonds is 7. The lowest BCUT2D eigenvalue weighted by molar-refractivity contribution is -0.0219. The molecule has 0 radical (unpaired) electrons. The van der Waals surface area contributed by atoms with E-state index in [4.69, 9.17) is 14.6 Å². The van der Waals surface area contributed by atoms with Crippen molar-refractivity contribution in [2.24, 2.45) is 0 Å². The largest absolute Gasteiger partial charge is 0.460 e. The molecule has 1 aromatic carbocycles. The maximum absolute atomic E-state index is 13.1. The lowest BCUT2D eigenvalue weighted by atomic mass is 10.0. The second-order valence-corrected chi connectivity index (χ2v) is 7.96. The zero-order valence-electron chi connectivity index (χ0n) is 18.9. The number of aromatic amines is 1. The minimum atomic E-state index is -2.59. The van der Waals surface area contributed by atoms with Gasteiger partial charge in [-0.1, -0.05) is 0 Å². The predicted octanol–water partition coefficient (Wildman–Crippen LogP) is 4.29. The first-order chi connectivity index (χ1) is 16.3. The van der Waals surface area contributed by atoms with Gasteiger partial charge in [0.15, 0.2) is 5.76 Å². The van der Waals surface area contributed by atoms with Crippen molar-refractivity contribution in [3.63, 3.8) is 0 Å². The van der Waals surface area contributed by atoms with Gasteiger partial charge in [0, 0.05) is 43.5 Å². The lowest BCUT2D eigenvalue weighted by Crippen LogP contribution is -2.54. The van der Waals surface area contributed by atoms with E-state index in [1.54, 1.807) is 39.1 Å². The summed E-state index contributed by atoms with van der Waals surface area (Å²) in [5.74, 6) is 0.387. The molecule has 0 aliphatic carbocycles. The molecule has 2 aromatic heterocycles. The first-order valence-corrected chi connectivity index (χ1v) is 10.7. The number of alkyl halides is 2. The third-order valence-electron chi connectivity index (χ3n) is 5.99. The summed E-state index contributed by atoms with van der Waals surface area (Å²) in [5.41, 5.74) is 2.14. The van der Waals surface area contributed by atoms with Crippen molar-refractivity contribution >= 4 is 34.8 Å². The van der Waals surface area contributed by atoms with Crippen LogP contribution in [0.25, 0.3) is 16.7 Å². The van der Waals surface area contributed by atoms with Crippen molar-refractivity contribution in [3.8, 4) is 5.75 Å². The number of H-pyrrole nitrogens is 1. The number of halogens is 2. The Labute approximate surface area is 194 Å². The molecule has 0 spiro atoms. The number of benzene rings is 1. The Balaban J connectivity index is 1.62. The van der Waals surface area contributed by atoms with E-state index in [-0.39, 0.29) is 30.2 Å². The highest BCUT2D eigenvalue weighted by molar-refractivity contribution is 6.07. The van der Waals surface area contributed by atoms with Crippen LogP contribution in [0.5, 0.6) is 5.75 Å². The number of ether oxygens (including phenoxy) is 1. The number of likely N-dealkylation sites (tertiary alicyclic amines) is 1. The summed E-state index contributed by atoms with van der Waals surface area (Å²) >= 11 is 0. The van der Waals surface area contributed by atoms with E-state index in [0.29, 0.717) is 39.3 Å². The normalized spacial score (nSPS) is 16.0. The van der Waals surface area contributed by atoms with E-state index in [9.17, 15) is 18.4 Å². The molecular formula is C24H24F2N4O4. The van der Waals surface area contributed by atoms with Crippen LogP contribution in [0.3, 0.4) is 0 Å². The van der Waals surface area contributed by atoms with Gasteiger partial charge in [-0.25, -0.2) is 8.78 Å². The van der Waals surface area contributed by atoms with E-state index in [2.05, 4.69) is 10.3 Å². The fourth-order valence-electron chi connectivity index (χ4n) is 4.09. The SMILES string of the molecule is CNC(=O)c1c(C)oc2cc(O/C(=C/C=N)c3[nH]cc(C(=O)N4CC[C@H]4C(F)F)c3C)ccc12. The van der Waals surface area contributed by atoms with Gasteiger partial charge < -0.3 is 29.8 Å². The third kappa shape index (κ3) is 3.95. The topological polar surface area (TPSA) is 111 Å². The maximum Gasteiger partial charge on any atom is 0.258 e. The number of nitrogens with zero attached hydrogens (tertiary/aromatic N) is 1. The van der Waals surface area contributed by atoms with Crippen molar-refractivity contribution in [1.29, 1.82) is 5.41 Å². The van der Waals surface area contributed by atoms with Gasteiger partial charge in [-0.3, -0.25) is 9.59 Å². The number of furan rings is 1. The third-order valence-corrected chi connectivity index (χ3v) is 5.99. The van der Waals surface area contributed by atoms with Gasteiger partial charge in [0.25, 0.3) is 18.2 Å². The van der Waals surface area contributed by atoms with E-state index >= 15 is 0 Å². The Bertz CT molecular complexity index is 1310. The number of aryl methyl sites for hydroxylation is 1. The van der Waals surface area contributed by atoms with Crippen LogP contribution in [-0.2, 0) is 0 Å². The second-order valence-electron chi connectivity index (χ2n) is 7.96. The number of hydrogen-bond acceptors (Lipinski definition) is 5. The maximum atomic E-state index is 13.1. The predicted molar refractivity (Wildman–Crippen MR) is 123 cm³/mol. The molecule has 1 saturated heterocycles. The first kappa shape index (κ1) is 23.2. The summed E-state index contributed by atoms with van der Waals surface area (Å²) in [5, 5.41) is 10.7. The van der Waals surface area contributed by atoms with Crippen LogP contribution in [0.1, 0.15) is 44.2 Å². The van der Waals surface area contributed by atoms with E-state index in [0.717, 1.165) is 6.21 Å².